The lowest BCUT2D eigenvalue weighted by Gasteiger charge is -2.37. The zero-order chi connectivity index (χ0) is 19.3. The van der Waals surface area contributed by atoms with Crippen LogP contribution in [0.15, 0.2) is 46.2 Å². The number of halogens is 3. The lowest BCUT2D eigenvalue weighted by atomic mass is 9.91. The van der Waals surface area contributed by atoms with Gasteiger partial charge in [-0.1, -0.05) is 18.5 Å². The molecule has 2 aromatic rings. The van der Waals surface area contributed by atoms with Crippen molar-refractivity contribution in [3.05, 3.63) is 58.6 Å². The van der Waals surface area contributed by atoms with E-state index in [9.17, 15) is 25.6 Å². The van der Waals surface area contributed by atoms with E-state index < -0.39 is 52.3 Å². The number of benzene rings is 2. The van der Waals surface area contributed by atoms with Gasteiger partial charge in [0, 0.05) is 10.6 Å². The third-order valence-electron chi connectivity index (χ3n) is 4.81. The number of hydrogen-bond acceptors (Lipinski definition) is 4. The summed E-state index contributed by atoms with van der Waals surface area (Å²) in [6, 6.07) is 6.76. The van der Waals surface area contributed by atoms with Crippen LogP contribution in [0.1, 0.15) is 25.3 Å². The van der Waals surface area contributed by atoms with Crippen LogP contribution in [-0.2, 0) is 24.4 Å². The van der Waals surface area contributed by atoms with Gasteiger partial charge in [-0.3, -0.25) is 0 Å². The predicted molar refractivity (Wildman–Crippen MR) is 93.6 cm³/mol. The average molecular weight is 421 g/mol. The summed E-state index contributed by atoms with van der Waals surface area (Å²) < 4.78 is 78.5. The fourth-order valence-corrected chi connectivity index (χ4v) is 7.71. The van der Waals surface area contributed by atoms with Gasteiger partial charge >= 0.3 is 0 Å². The Balaban J connectivity index is 2.40. The second-order valence-electron chi connectivity index (χ2n) is 6.11. The zero-order valence-corrected chi connectivity index (χ0v) is 16.1. The summed E-state index contributed by atoms with van der Waals surface area (Å²) >= 11 is 5.80. The van der Waals surface area contributed by atoms with Crippen LogP contribution in [0, 0.1) is 11.6 Å². The van der Waals surface area contributed by atoms with Crippen molar-refractivity contribution in [2.75, 3.05) is 5.75 Å². The van der Waals surface area contributed by atoms with Crippen molar-refractivity contribution >= 4 is 31.3 Å². The van der Waals surface area contributed by atoms with E-state index in [1.807, 2.05) is 0 Å². The molecule has 1 heterocycles. The molecule has 0 radical (unpaired) electrons. The van der Waals surface area contributed by atoms with Gasteiger partial charge in [0.2, 0.25) is 0 Å². The van der Waals surface area contributed by atoms with Crippen molar-refractivity contribution in [1.82, 2.24) is 0 Å². The molecule has 0 fully saturated rings. The Morgan fingerprint density at radius 2 is 1.65 bits per heavy atom. The molecule has 0 bridgehead atoms. The summed E-state index contributed by atoms with van der Waals surface area (Å²) in [6.07, 6.45) is -0.467. The van der Waals surface area contributed by atoms with Gasteiger partial charge in [0.25, 0.3) is 0 Å². The van der Waals surface area contributed by atoms with Crippen LogP contribution in [-0.4, -0.2) is 22.6 Å². The number of fused-ring (bicyclic) bond motifs is 1. The summed E-state index contributed by atoms with van der Waals surface area (Å²) in [4.78, 5) is -0.985. The first-order chi connectivity index (χ1) is 12.1. The molecule has 9 heteroatoms. The van der Waals surface area contributed by atoms with Gasteiger partial charge in [-0.05, 0) is 49.2 Å². The molecule has 4 nitrogen and oxygen atoms in total. The van der Waals surface area contributed by atoms with E-state index in [1.165, 1.54) is 31.2 Å². The summed E-state index contributed by atoms with van der Waals surface area (Å²) in [5.74, 6) is -2.78. The fourth-order valence-electron chi connectivity index (χ4n) is 3.44. The van der Waals surface area contributed by atoms with Crippen molar-refractivity contribution in [3.63, 3.8) is 0 Å². The minimum Gasteiger partial charge on any atom is -0.224 e. The SMILES string of the molecule is CCC1(S(=O)(=O)c2ccc(Cl)cc2)CCS(=O)(=O)c2c(F)ccc(F)c21. The summed E-state index contributed by atoms with van der Waals surface area (Å²) in [5.41, 5.74) is -0.610. The second-order valence-corrected chi connectivity index (χ2v) is 10.8. The van der Waals surface area contributed by atoms with Gasteiger partial charge in [-0.15, -0.1) is 0 Å². The molecule has 140 valence electrons. The van der Waals surface area contributed by atoms with Crippen LogP contribution >= 0.6 is 11.6 Å². The molecule has 0 aromatic heterocycles. The van der Waals surface area contributed by atoms with Crippen molar-refractivity contribution in [2.24, 2.45) is 0 Å². The Bertz CT molecular complexity index is 1080. The summed E-state index contributed by atoms with van der Waals surface area (Å²) in [7, 11) is -8.35. The molecule has 0 amide bonds. The Labute approximate surface area is 155 Å². The van der Waals surface area contributed by atoms with Crippen LogP contribution in [0.3, 0.4) is 0 Å². The largest absolute Gasteiger partial charge is 0.224 e. The molecule has 3 rings (SSSR count). The van der Waals surface area contributed by atoms with E-state index in [0.29, 0.717) is 11.1 Å². The highest BCUT2D eigenvalue weighted by Crippen LogP contribution is 2.49. The molecule has 2 aromatic carbocycles. The highest BCUT2D eigenvalue weighted by molar-refractivity contribution is 7.93. The third-order valence-corrected chi connectivity index (χ3v) is 9.44. The first kappa shape index (κ1) is 19.3. The molecule has 1 unspecified atom stereocenters. The molecule has 0 saturated carbocycles. The Hall–Kier alpha value is -1.51. The van der Waals surface area contributed by atoms with E-state index in [2.05, 4.69) is 0 Å². The van der Waals surface area contributed by atoms with Crippen molar-refractivity contribution in [2.45, 2.75) is 34.3 Å². The van der Waals surface area contributed by atoms with Crippen molar-refractivity contribution in [3.8, 4) is 0 Å². The van der Waals surface area contributed by atoms with Crippen LogP contribution in [0.5, 0.6) is 0 Å². The quantitative estimate of drug-likeness (QED) is 0.755. The molecule has 0 saturated heterocycles. The minimum atomic E-state index is -4.22. The van der Waals surface area contributed by atoms with E-state index in [4.69, 9.17) is 11.6 Å². The lowest BCUT2D eigenvalue weighted by molar-refractivity contribution is 0.438. The van der Waals surface area contributed by atoms with Crippen LogP contribution in [0.4, 0.5) is 8.78 Å². The zero-order valence-electron chi connectivity index (χ0n) is 13.7. The van der Waals surface area contributed by atoms with Gasteiger partial charge < -0.3 is 0 Å². The van der Waals surface area contributed by atoms with Gasteiger partial charge in [-0.2, -0.15) is 0 Å². The topological polar surface area (TPSA) is 68.3 Å². The summed E-state index contributed by atoms with van der Waals surface area (Å²) in [5, 5.41) is 0.318. The molecule has 0 aliphatic carbocycles. The number of sulfone groups is 2. The maximum atomic E-state index is 14.7. The molecule has 0 spiro atoms. The molecule has 1 aliphatic heterocycles. The molecular formula is C17H15ClF2O4S2. The maximum Gasteiger partial charge on any atom is 0.188 e. The standard InChI is InChI=1S/C17H15ClF2O4S2/c1-2-17(26(23,24)12-5-3-11(18)4-6-12)9-10-25(21,22)16-14(20)8-7-13(19)15(16)17/h3-8H,2,9-10H2,1H3. The highest BCUT2D eigenvalue weighted by atomic mass is 35.5. The molecular weight excluding hydrogens is 406 g/mol. The minimum absolute atomic E-state index is 0.110. The first-order valence-electron chi connectivity index (χ1n) is 7.78. The molecule has 0 N–H and O–H groups in total. The van der Waals surface area contributed by atoms with E-state index >= 15 is 0 Å². The van der Waals surface area contributed by atoms with Gasteiger partial charge in [0.05, 0.1) is 10.6 Å². The van der Waals surface area contributed by atoms with Crippen LogP contribution < -0.4 is 0 Å². The molecule has 1 atom stereocenters. The summed E-state index contributed by atoms with van der Waals surface area (Å²) in [6.45, 7) is 1.51. The van der Waals surface area contributed by atoms with E-state index in [0.717, 1.165) is 6.07 Å². The monoisotopic (exact) mass is 420 g/mol. The van der Waals surface area contributed by atoms with Crippen molar-refractivity contribution in [1.29, 1.82) is 0 Å². The Kier molecular flexibility index (Phi) is 4.65. The van der Waals surface area contributed by atoms with Gasteiger partial charge in [0.1, 0.15) is 21.3 Å². The predicted octanol–water partition coefficient (Wildman–Crippen LogP) is 3.87. The maximum absolute atomic E-state index is 14.7. The number of hydrogen-bond donors (Lipinski definition) is 0. The Morgan fingerprint density at radius 1 is 1.08 bits per heavy atom. The highest BCUT2D eigenvalue weighted by Gasteiger charge is 2.53. The average Bonchev–Trinajstić information content (AvgIpc) is 2.58. The lowest BCUT2D eigenvalue weighted by Crippen LogP contribution is -2.43. The van der Waals surface area contributed by atoms with Gasteiger partial charge in [0.15, 0.2) is 19.7 Å². The Morgan fingerprint density at radius 3 is 2.23 bits per heavy atom. The van der Waals surface area contributed by atoms with E-state index in [-0.39, 0.29) is 17.7 Å². The molecule has 1 aliphatic rings. The third kappa shape index (κ3) is 2.66. The first-order valence-corrected chi connectivity index (χ1v) is 11.3. The van der Waals surface area contributed by atoms with Crippen molar-refractivity contribution < 1.29 is 25.6 Å². The second kappa shape index (κ2) is 6.28. The number of rotatable bonds is 3. The van der Waals surface area contributed by atoms with Crippen LogP contribution in [0.25, 0.3) is 0 Å². The van der Waals surface area contributed by atoms with Gasteiger partial charge in [-0.25, -0.2) is 25.6 Å². The normalized spacial score (nSPS) is 22.0. The molecule has 26 heavy (non-hydrogen) atoms. The smallest absolute Gasteiger partial charge is 0.188 e. The van der Waals surface area contributed by atoms with Crippen LogP contribution in [0.2, 0.25) is 5.02 Å². The fraction of sp³-hybridized carbons (Fsp3) is 0.294. The van der Waals surface area contributed by atoms with E-state index in [1.54, 1.807) is 0 Å².